The molecule has 1 aromatic rings. The number of nitrogens with one attached hydrogen (secondary N) is 2. The summed E-state index contributed by atoms with van der Waals surface area (Å²) in [4.78, 5) is 10.6. The first-order chi connectivity index (χ1) is 8.28. The third-order valence-electron chi connectivity index (χ3n) is 2.31. The molecular formula is C12H17N3O2S. The van der Waals surface area contributed by atoms with Gasteiger partial charge < -0.3 is 21.5 Å². The van der Waals surface area contributed by atoms with E-state index < -0.39 is 11.6 Å². The molecule has 0 radical (unpaired) electrons. The van der Waals surface area contributed by atoms with Crippen LogP contribution >= 0.6 is 12.2 Å². The van der Waals surface area contributed by atoms with Crippen molar-refractivity contribution in [1.29, 1.82) is 0 Å². The molecule has 98 valence electrons. The summed E-state index contributed by atoms with van der Waals surface area (Å²) in [7, 11) is 0. The maximum Gasteiger partial charge on any atom is 0.405 e. The largest absolute Gasteiger partial charge is 0.465 e. The number of amides is 1. The van der Waals surface area contributed by atoms with Gasteiger partial charge in [-0.15, -0.1) is 0 Å². The minimum absolute atomic E-state index is 0.218. The Balaban J connectivity index is 2.68. The van der Waals surface area contributed by atoms with Crippen LogP contribution in [0.2, 0.25) is 0 Å². The van der Waals surface area contributed by atoms with Crippen LogP contribution in [-0.4, -0.2) is 21.9 Å². The molecule has 18 heavy (non-hydrogen) atoms. The summed E-state index contributed by atoms with van der Waals surface area (Å²) in [6, 6.07) is 7.52. The standard InChI is InChI=1S/C12H17N3O2S/c1-12(2,15-11(16)17)7-8-3-5-9(6-4-8)14-10(13)18/h3-6,15H,7H2,1-2H3,(H,16,17)(H3,13,14,18). The van der Waals surface area contributed by atoms with Crippen molar-refractivity contribution in [2.24, 2.45) is 5.73 Å². The topological polar surface area (TPSA) is 87.4 Å². The zero-order valence-electron chi connectivity index (χ0n) is 10.4. The SMILES string of the molecule is CC(C)(Cc1ccc(NC(N)=S)cc1)NC(=O)O. The highest BCUT2D eigenvalue weighted by molar-refractivity contribution is 7.80. The van der Waals surface area contributed by atoms with Gasteiger partial charge in [0.15, 0.2) is 5.11 Å². The van der Waals surface area contributed by atoms with Crippen LogP contribution in [0.15, 0.2) is 24.3 Å². The normalized spacial score (nSPS) is 10.8. The Kier molecular flexibility index (Phi) is 4.49. The van der Waals surface area contributed by atoms with Crippen molar-refractivity contribution >= 4 is 29.1 Å². The highest BCUT2D eigenvalue weighted by Gasteiger charge is 2.20. The minimum Gasteiger partial charge on any atom is -0.465 e. The van der Waals surface area contributed by atoms with Crippen LogP contribution in [0.5, 0.6) is 0 Å². The Morgan fingerprint density at radius 3 is 2.39 bits per heavy atom. The van der Waals surface area contributed by atoms with Crippen molar-refractivity contribution in [1.82, 2.24) is 5.32 Å². The highest BCUT2D eigenvalue weighted by atomic mass is 32.1. The molecule has 0 atom stereocenters. The second-order valence-electron chi connectivity index (χ2n) is 4.68. The van der Waals surface area contributed by atoms with E-state index in [4.69, 9.17) is 23.1 Å². The molecule has 0 aromatic heterocycles. The van der Waals surface area contributed by atoms with Crippen molar-refractivity contribution in [2.45, 2.75) is 25.8 Å². The van der Waals surface area contributed by atoms with E-state index in [2.05, 4.69) is 10.6 Å². The van der Waals surface area contributed by atoms with Crippen molar-refractivity contribution in [3.8, 4) is 0 Å². The molecule has 0 aliphatic rings. The van der Waals surface area contributed by atoms with Crippen molar-refractivity contribution < 1.29 is 9.90 Å². The summed E-state index contributed by atoms with van der Waals surface area (Å²) in [5, 5.41) is 14.2. The zero-order chi connectivity index (χ0) is 13.8. The van der Waals surface area contributed by atoms with Crippen LogP contribution < -0.4 is 16.4 Å². The fraction of sp³-hybridized carbons (Fsp3) is 0.333. The van der Waals surface area contributed by atoms with Gasteiger partial charge >= 0.3 is 6.09 Å². The Morgan fingerprint density at radius 1 is 1.39 bits per heavy atom. The fourth-order valence-electron chi connectivity index (χ4n) is 1.69. The lowest BCUT2D eigenvalue weighted by Gasteiger charge is -2.24. The molecule has 1 aromatic carbocycles. The van der Waals surface area contributed by atoms with Gasteiger partial charge in [0.1, 0.15) is 0 Å². The molecule has 0 aliphatic heterocycles. The van der Waals surface area contributed by atoms with Gasteiger partial charge in [-0.1, -0.05) is 12.1 Å². The third kappa shape index (κ3) is 5.01. The fourth-order valence-corrected chi connectivity index (χ4v) is 1.81. The first-order valence-corrected chi connectivity index (χ1v) is 5.86. The average molecular weight is 267 g/mol. The molecule has 0 saturated carbocycles. The minimum atomic E-state index is -1.02. The van der Waals surface area contributed by atoms with E-state index in [9.17, 15) is 4.79 Å². The second kappa shape index (κ2) is 5.68. The predicted octanol–water partition coefficient (Wildman–Crippen LogP) is 1.93. The van der Waals surface area contributed by atoms with E-state index in [0.717, 1.165) is 11.3 Å². The van der Waals surface area contributed by atoms with E-state index in [0.29, 0.717) is 6.42 Å². The number of thiocarbonyl (C=S) groups is 1. The number of rotatable bonds is 4. The molecule has 0 bridgehead atoms. The van der Waals surface area contributed by atoms with Crippen LogP contribution in [0.1, 0.15) is 19.4 Å². The second-order valence-corrected chi connectivity index (χ2v) is 5.12. The smallest absolute Gasteiger partial charge is 0.405 e. The maximum absolute atomic E-state index is 10.6. The van der Waals surface area contributed by atoms with Gasteiger partial charge in [0.25, 0.3) is 0 Å². The number of hydrogen-bond acceptors (Lipinski definition) is 2. The van der Waals surface area contributed by atoms with Gasteiger partial charge in [0.05, 0.1) is 0 Å². The van der Waals surface area contributed by atoms with Crippen LogP contribution in [0.4, 0.5) is 10.5 Å². The van der Waals surface area contributed by atoms with E-state index in [1.165, 1.54) is 0 Å². The number of nitrogens with two attached hydrogens (primary N) is 1. The van der Waals surface area contributed by atoms with E-state index >= 15 is 0 Å². The monoisotopic (exact) mass is 267 g/mol. The average Bonchev–Trinajstić information content (AvgIpc) is 2.17. The Labute approximate surface area is 111 Å². The van der Waals surface area contributed by atoms with Gasteiger partial charge in [0, 0.05) is 11.2 Å². The van der Waals surface area contributed by atoms with Crippen LogP contribution in [0.3, 0.4) is 0 Å². The van der Waals surface area contributed by atoms with E-state index in [1.54, 1.807) is 0 Å². The molecule has 1 amide bonds. The van der Waals surface area contributed by atoms with Gasteiger partial charge in [-0.3, -0.25) is 0 Å². The lowest BCUT2D eigenvalue weighted by molar-refractivity contribution is 0.182. The number of hydrogen-bond donors (Lipinski definition) is 4. The van der Waals surface area contributed by atoms with Crippen molar-refractivity contribution in [2.75, 3.05) is 5.32 Å². The Morgan fingerprint density at radius 2 is 1.94 bits per heavy atom. The molecule has 0 saturated heterocycles. The summed E-state index contributed by atoms with van der Waals surface area (Å²) >= 11 is 4.74. The van der Waals surface area contributed by atoms with Crippen molar-refractivity contribution in [3.05, 3.63) is 29.8 Å². The summed E-state index contributed by atoms with van der Waals surface area (Å²) in [6.45, 7) is 3.67. The molecule has 0 heterocycles. The molecule has 0 spiro atoms. The van der Waals surface area contributed by atoms with E-state index in [-0.39, 0.29) is 5.11 Å². The zero-order valence-corrected chi connectivity index (χ0v) is 11.2. The number of carbonyl (C=O) groups is 1. The Hall–Kier alpha value is -1.82. The quantitative estimate of drug-likeness (QED) is 0.626. The summed E-state index contributed by atoms with van der Waals surface area (Å²) in [5.74, 6) is 0. The lowest BCUT2D eigenvalue weighted by atomic mass is 9.95. The van der Waals surface area contributed by atoms with Crippen LogP contribution in [0.25, 0.3) is 0 Å². The number of benzene rings is 1. The highest BCUT2D eigenvalue weighted by Crippen LogP contribution is 2.15. The molecule has 5 nitrogen and oxygen atoms in total. The van der Waals surface area contributed by atoms with Crippen LogP contribution in [0, 0.1) is 0 Å². The predicted molar refractivity (Wildman–Crippen MR) is 75.8 cm³/mol. The first kappa shape index (κ1) is 14.2. The summed E-state index contributed by atoms with van der Waals surface area (Å²) in [5.41, 5.74) is 6.70. The molecular weight excluding hydrogens is 250 g/mol. The molecule has 0 unspecified atom stereocenters. The first-order valence-electron chi connectivity index (χ1n) is 5.45. The number of carboxylic acid groups (broad SMARTS) is 1. The maximum atomic E-state index is 10.6. The lowest BCUT2D eigenvalue weighted by Crippen LogP contribution is -2.44. The van der Waals surface area contributed by atoms with E-state index in [1.807, 2.05) is 38.1 Å². The van der Waals surface area contributed by atoms with Crippen molar-refractivity contribution in [3.63, 3.8) is 0 Å². The molecule has 5 N–H and O–H groups in total. The van der Waals surface area contributed by atoms with Crippen LogP contribution in [-0.2, 0) is 6.42 Å². The third-order valence-corrected chi connectivity index (χ3v) is 2.41. The Bertz CT molecular complexity index is 443. The number of anilines is 1. The van der Waals surface area contributed by atoms with Gasteiger partial charge in [-0.05, 0) is 50.2 Å². The molecule has 6 heteroatoms. The molecule has 1 rings (SSSR count). The van der Waals surface area contributed by atoms with Gasteiger partial charge in [0.2, 0.25) is 0 Å². The summed E-state index contributed by atoms with van der Waals surface area (Å²) in [6.07, 6.45) is -0.418. The van der Waals surface area contributed by atoms with Gasteiger partial charge in [-0.2, -0.15) is 0 Å². The van der Waals surface area contributed by atoms with Gasteiger partial charge in [-0.25, -0.2) is 4.79 Å². The molecule has 0 aliphatic carbocycles. The summed E-state index contributed by atoms with van der Waals surface area (Å²) < 4.78 is 0. The molecule has 0 fully saturated rings.